The lowest BCUT2D eigenvalue weighted by molar-refractivity contribution is 0.184. The predicted octanol–water partition coefficient (Wildman–Crippen LogP) is -1.33. The van der Waals surface area contributed by atoms with Crippen LogP contribution in [0.25, 0.3) is 0 Å². The Morgan fingerprint density at radius 2 is 2.38 bits per heavy atom. The van der Waals surface area contributed by atoms with Crippen LogP contribution in [0.3, 0.4) is 0 Å². The highest BCUT2D eigenvalue weighted by Gasteiger charge is 2.00. The Kier molecular flexibility index (Phi) is 5.66. The summed E-state index contributed by atoms with van der Waals surface area (Å²) >= 11 is 0. The molecule has 3 nitrogen and oxygen atoms in total. The Bertz CT molecular complexity index is 48.5. The minimum Gasteiger partial charge on any atom is -0.396 e. The first-order chi connectivity index (χ1) is 3.81. The summed E-state index contributed by atoms with van der Waals surface area (Å²) in [5.74, 6) is 0. The van der Waals surface area contributed by atoms with Crippen LogP contribution in [0.5, 0.6) is 0 Å². The molecule has 50 valence electrons. The normalized spacial score (nSPS) is 14.2. The van der Waals surface area contributed by atoms with Crippen LogP contribution in [0.15, 0.2) is 0 Å². The fraction of sp³-hybridized carbons (Fsp3) is 1.00. The van der Waals surface area contributed by atoms with Gasteiger partial charge in [-0.15, -0.1) is 0 Å². The highest BCUT2D eigenvalue weighted by atomic mass is 28.3. The maximum Gasteiger partial charge on any atom is 0.337 e. The van der Waals surface area contributed by atoms with Crippen molar-refractivity contribution in [2.24, 2.45) is 0 Å². The van der Waals surface area contributed by atoms with Crippen molar-refractivity contribution < 1.29 is 8.95 Å². The maximum atomic E-state index is 5.16. The van der Waals surface area contributed by atoms with Crippen molar-refractivity contribution >= 4 is 19.7 Å². The second kappa shape index (κ2) is 5.45. The Morgan fingerprint density at radius 3 is 2.75 bits per heavy atom. The van der Waals surface area contributed by atoms with E-state index in [4.69, 9.17) is 8.95 Å². The van der Waals surface area contributed by atoms with Gasteiger partial charge in [-0.3, -0.25) is 0 Å². The second-order valence-electron chi connectivity index (χ2n) is 1.34. The van der Waals surface area contributed by atoms with Crippen molar-refractivity contribution in [3.8, 4) is 0 Å². The van der Waals surface area contributed by atoms with Crippen LogP contribution in [0.1, 0.15) is 6.92 Å². The third kappa shape index (κ3) is 4.47. The van der Waals surface area contributed by atoms with Crippen LogP contribution in [0, 0.1) is 0 Å². The molecule has 0 spiro atoms. The molecule has 1 unspecified atom stereocenters. The molecular weight excluding hydrogens is 138 g/mol. The van der Waals surface area contributed by atoms with Crippen LogP contribution in [-0.2, 0) is 8.95 Å². The molecule has 0 saturated carbocycles. The van der Waals surface area contributed by atoms with E-state index in [0.29, 0.717) is 0 Å². The fourth-order valence-corrected chi connectivity index (χ4v) is 2.30. The number of hydrogen-bond acceptors (Lipinski definition) is 3. The summed E-state index contributed by atoms with van der Waals surface area (Å²) in [5.41, 5.74) is 0. The number of rotatable bonds is 4. The van der Waals surface area contributed by atoms with Gasteiger partial charge in [0.25, 0.3) is 0 Å². The molecule has 5 heteroatoms. The van der Waals surface area contributed by atoms with Gasteiger partial charge in [0.2, 0.25) is 0 Å². The Balaban J connectivity index is 2.92. The number of hydrogen-bond donors (Lipinski definition) is 1. The molecule has 0 aliphatic carbocycles. The smallest absolute Gasteiger partial charge is 0.337 e. The van der Waals surface area contributed by atoms with E-state index in [-0.39, 0.29) is 0 Å². The van der Waals surface area contributed by atoms with Crippen molar-refractivity contribution in [2.75, 3.05) is 6.61 Å². The summed E-state index contributed by atoms with van der Waals surface area (Å²) in [6.45, 7) is 4.73. The van der Waals surface area contributed by atoms with Gasteiger partial charge in [0.05, 0.1) is 0 Å². The zero-order valence-electron chi connectivity index (χ0n) is 5.60. The maximum absolute atomic E-state index is 5.16. The molecule has 0 heterocycles. The van der Waals surface area contributed by atoms with Crippen LogP contribution in [-0.4, -0.2) is 26.3 Å². The topological polar surface area (TPSA) is 30.5 Å². The second-order valence-corrected chi connectivity index (χ2v) is 3.46. The van der Waals surface area contributed by atoms with Crippen molar-refractivity contribution in [2.45, 2.75) is 13.5 Å². The molecule has 0 rings (SSSR count). The zero-order chi connectivity index (χ0) is 6.41. The van der Waals surface area contributed by atoms with Gasteiger partial charge in [0.15, 0.2) is 0 Å². The van der Waals surface area contributed by atoms with Crippen LogP contribution in [0.4, 0.5) is 0 Å². The lowest BCUT2D eigenvalue weighted by Crippen LogP contribution is -2.25. The lowest BCUT2D eigenvalue weighted by Gasteiger charge is -2.07. The third-order valence-corrected chi connectivity index (χ3v) is 2.76. The number of nitrogens with one attached hydrogen (secondary N) is 1. The van der Waals surface area contributed by atoms with Gasteiger partial charge in [0, 0.05) is 6.61 Å². The molecule has 0 saturated heterocycles. The first-order valence-corrected chi connectivity index (χ1v) is 5.85. The molecule has 0 aromatic carbocycles. The minimum atomic E-state index is -1.28. The van der Waals surface area contributed by atoms with E-state index in [2.05, 4.69) is 5.15 Å². The molecule has 1 atom stereocenters. The molecule has 0 aromatic heterocycles. The van der Waals surface area contributed by atoms with E-state index in [0.717, 1.165) is 17.0 Å². The van der Waals surface area contributed by atoms with Gasteiger partial charge in [-0.05, 0) is 13.5 Å². The molecule has 0 aliphatic heterocycles. The summed E-state index contributed by atoms with van der Waals surface area (Å²) < 4.78 is 10.2. The Morgan fingerprint density at radius 1 is 1.75 bits per heavy atom. The molecule has 0 amide bonds. The van der Waals surface area contributed by atoms with E-state index in [9.17, 15) is 0 Å². The first kappa shape index (κ1) is 8.31. The average molecular weight is 151 g/mol. The van der Waals surface area contributed by atoms with E-state index < -0.39 is 9.28 Å². The van der Waals surface area contributed by atoms with Crippen LogP contribution in [0.2, 0.25) is 6.55 Å². The highest BCUT2D eigenvalue weighted by Crippen LogP contribution is 1.82. The fourth-order valence-electron chi connectivity index (χ4n) is 0.435. The Labute approximate surface area is 54.7 Å². The molecular formula is C3H13NO2Si2. The van der Waals surface area contributed by atoms with Gasteiger partial charge in [-0.2, -0.15) is 0 Å². The van der Waals surface area contributed by atoms with Gasteiger partial charge in [-0.25, -0.2) is 5.15 Å². The summed E-state index contributed by atoms with van der Waals surface area (Å²) in [5, 5.41) is 2.73. The molecule has 0 radical (unpaired) electrons. The van der Waals surface area contributed by atoms with E-state index in [1.54, 1.807) is 0 Å². The van der Waals surface area contributed by atoms with Gasteiger partial charge in [-0.1, -0.05) is 0 Å². The molecule has 8 heavy (non-hydrogen) atoms. The molecule has 0 bridgehead atoms. The van der Waals surface area contributed by atoms with Crippen LogP contribution >= 0.6 is 0 Å². The summed E-state index contributed by atoms with van der Waals surface area (Å²) in [7, 11) is -0.402. The Hall–Kier alpha value is 0.314. The summed E-state index contributed by atoms with van der Waals surface area (Å²) in [6.07, 6.45) is 0. The standard InChI is InChI=1S/C3H13NO2Si2/c1-3-5-8(2)6-4-7/h4,8H,3H2,1-2,7H3. The first-order valence-electron chi connectivity index (χ1n) is 2.75. The molecule has 0 fully saturated rings. The largest absolute Gasteiger partial charge is 0.396 e. The molecule has 1 N–H and O–H groups in total. The average Bonchev–Trinajstić information content (AvgIpc) is 1.68. The minimum absolute atomic E-state index is 0.761. The van der Waals surface area contributed by atoms with E-state index in [1.807, 2.05) is 13.5 Å². The third-order valence-electron chi connectivity index (χ3n) is 0.685. The van der Waals surface area contributed by atoms with Gasteiger partial charge in [0.1, 0.15) is 10.4 Å². The van der Waals surface area contributed by atoms with E-state index in [1.165, 1.54) is 0 Å². The monoisotopic (exact) mass is 151 g/mol. The summed E-state index contributed by atoms with van der Waals surface area (Å²) in [6, 6.07) is 0. The van der Waals surface area contributed by atoms with Crippen molar-refractivity contribution in [1.82, 2.24) is 5.15 Å². The van der Waals surface area contributed by atoms with Crippen LogP contribution < -0.4 is 5.15 Å². The van der Waals surface area contributed by atoms with Crippen molar-refractivity contribution in [3.63, 3.8) is 0 Å². The van der Waals surface area contributed by atoms with Gasteiger partial charge < -0.3 is 8.95 Å². The zero-order valence-corrected chi connectivity index (χ0v) is 8.76. The SMILES string of the molecule is CCO[SiH](C)ON[SiH3]. The van der Waals surface area contributed by atoms with Crippen molar-refractivity contribution in [1.29, 1.82) is 0 Å². The van der Waals surface area contributed by atoms with E-state index >= 15 is 0 Å². The molecule has 0 aliphatic rings. The predicted molar refractivity (Wildman–Crippen MR) is 38.8 cm³/mol. The lowest BCUT2D eigenvalue weighted by atomic mass is 10.9. The highest BCUT2D eigenvalue weighted by molar-refractivity contribution is 6.42. The molecule has 0 aromatic rings. The quantitative estimate of drug-likeness (QED) is 0.399. The van der Waals surface area contributed by atoms with Crippen molar-refractivity contribution in [3.05, 3.63) is 0 Å². The summed E-state index contributed by atoms with van der Waals surface area (Å²) in [4.78, 5) is 0. The van der Waals surface area contributed by atoms with Gasteiger partial charge >= 0.3 is 9.28 Å².